The number of hydrogen-bond acceptors (Lipinski definition) is 5. The van der Waals surface area contributed by atoms with Gasteiger partial charge in [-0.1, -0.05) is 17.7 Å². The van der Waals surface area contributed by atoms with Crippen LogP contribution in [0.25, 0.3) is 23.1 Å². The van der Waals surface area contributed by atoms with E-state index in [0.29, 0.717) is 17.9 Å². The molecule has 2 aromatic heterocycles. The van der Waals surface area contributed by atoms with Crippen molar-refractivity contribution in [1.29, 1.82) is 0 Å². The predicted octanol–water partition coefficient (Wildman–Crippen LogP) is 4.19. The van der Waals surface area contributed by atoms with Crippen LogP contribution in [0.5, 0.6) is 0 Å². The first-order valence-electron chi connectivity index (χ1n) is 9.56. The molecule has 2 heterocycles. The zero-order valence-corrected chi connectivity index (χ0v) is 15.6. The summed E-state index contributed by atoms with van der Waals surface area (Å²) in [4.78, 5) is 13.7. The van der Waals surface area contributed by atoms with Gasteiger partial charge in [0.25, 0.3) is 0 Å². The molecule has 138 valence electrons. The zero-order valence-electron chi connectivity index (χ0n) is 15.6. The van der Waals surface area contributed by atoms with Gasteiger partial charge in [0.1, 0.15) is 5.82 Å². The van der Waals surface area contributed by atoms with Gasteiger partial charge >= 0.3 is 0 Å². The average molecular weight is 359 g/mol. The molecule has 0 amide bonds. The van der Waals surface area contributed by atoms with Gasteiger partial charge < -0.3 is 11.1 Å². The topological polar surface area (TPSA) is 76.7 Å². The van der Waals surface area contributed by atoms with E-state index in [1.165, 1.54) is 5.56 Å². The third-order valence-corrected chi connectivity index (χ3v) is 5.09. The lowest BCUT2D eigenvalue weighted by atomic mass is 9.92. The van der Waals surface area contributed by atoms with Crippen molar-refractivity contribution in [1.82, 2.24) is 15.0 Å². The van der Waals surface area contributed by atoms with Gasteiger partial charge in [-0.3, -0.25) is 4.98 Å². The molecule has 3 aromatic rings. The van der Waals surface area contributed by atoms with E-state index in [-0.39, 0.29) is 0 Å². The lowest BCUT2D eigenvalue weighted by Crippen LogP contribution is -2.33. The highest BCUT2D eigenvalue weighted by molar-refractivity contribution is 5.90. The molecule has 0 unspecified atom stereocenters. The number of fused-ring (bicyclic) bond motifs is 1. The number of benzene rings is 1. The second kappa shape index (κ2) is 7.84. The molecule has 1 aliphatic carbocycles. The molecule has 0 atom stereocenters. The van der Waals surface area contributed by atoms with Crippen molar-refractivity contribution in [3.8, 4) is 0 Å². The van der Waals surface area contributed by atoms with E-state index in [0.717, 1.165) is 48.0 Å². The minimum absolute atomic E-state index is 0.338. The number of pyridine rings is 1. The molecule has 1 fully saturated rings. The quantitative estimate of drug-likeness (QED) is 0.730. The number of aryl methyl sites for hydroxylation is 1. The molecule has 5 heteroatoms. The fraction of sp³-hybridized carbons (Fsp3) is 0.318. The molecule has 0 spiro atoms. The van der Waals surface area contributed by atoms with Crippen LogP contribution in [0.2, 0.25) is 0 Å². The van der Waals surface area contributed by atoms with Crippen LogP contribution in [0.15, 0.2) is 42.7 Å². The van der Waals surface area contributed by atoms with Crippen molar-refractivity contribution in [2.45, 2.75) is 44.7 Å². The van der Waals surface area contributed by atoms with Crippen LogP contribution in [0.1, 0.15) is 42.6 Å². The zero-order chi connectivity index (χ0) is 18.6. The Bertz CT molecular complexity index is 944. The fourth-order valence-electron chi connectivity index (χ4n) is 3.55. The molecule has 4 rings (SSSR count). The Morgan fingerprint density at radius 2 is 1.93 bits per heavy atom. The molecule has 1 aromatic carbocycles. The first-order valence-corrected chi connectivity index (χ1v) is 9.56. The standard InChI is InChI=1S/C22H25N5/c1-15-4-10-20-19(13-15)22(25-18-8-6-17(23)7-9-18)27-21(26-20)11-5-16-3-2-12-24-14-16/h2-5,10-14,17-18H,6-9,23H2,1H3,(H,25,26,27)/b11-5-. The number of anilines is 1. The van der Waals surface area contributed by atoms with Crippen LogP contribution >= 0.6 is 0 Å². The summed E-state index contributed by atoms with van der Waals surface area (Å²) in [6.07, 6.45) is 11.8. The summed E-state index contributed by atoms with van der Waals surface area (Å²) in [5.74, 6) is 1.61. The summed E-state index contributed by atoms with van der Waals surface area (Å²) in [5, 5.41) is 4.73. The van der Waals surface area contributed by atoms with E-state index in [9.17, 15) is 0 Å². The van der Waals surface area contributed by atoms with Gasteiger partial charge in [-0.2, -0.15) is 0 Å². The summed E-state index contributed by atoms with van der Waals surface area (Å²) in [5.41, 5.74) is 9.24. The third kappa shape index (κ3) is 4.31. The predicted molar refractivity (Wildman–Crippen MR) is 111 cm³/mol. The Morgan fingerprint density at radius 3 is 2.70 bits per heavy atom. The number of nitrogens with two attached hydrogens (primary N) is 1. The molecule has 3 N–H and O–H groups in total. The molecule has 0 bridgehead atoms. The van der Waals surface area contributed by atoms with Gasteiger partial charge in [-0.15, -0.1) is 0 Å². The lowest BCUT2D eigenvalue weighted by molar-refractivity contribution is 0.410. The molecular formula is C22H25N5. The maximum atomic E-state index is 6.05. The SMILES string of the molecule is Cc1ccc2nc(/C=C\c3cccnc3)nc(NC3CCC(N)CC3)c2c1. The highest BCUT2D eigenvalue weighted by Gasteiger charge is 2.19. The van der Waals surface area contributed by atoms with Gasteiger partial charge in [0.2, 0.25) is 0 Å². The highest BCUT2D eigenvalue weighted by atomic mass is 15.1. The average Bonchev–Trinajstić information content (AvgIpc) is 2.69. The largest absolute Gasteiger partial charge is 0.367 e. The second-order valence-corrected chi connectivity index (χ2v) is 7.33. The van der Waals surface area contributed by atoms with Crippen LogP contribution in [-0.4, -0.2) is 27.0 Å². The molecule has 0 radical (unpaired) electrons. The molecular weight excluding hydrogens is 334 g/mol. The Morgan fingerprint density at radius 1 is 1.07 bits per heavy atom. The van der Waals surface area contributed by atoms with Crippen LogP contribution in [0.4, 0.5) is 5.82 Å². The Labute approximate surface area is 159 Å². The number of aromatic nitrogens is 3. The van der Waals surface area contributed by atoms with Crippen LogP contribution in [0, 0.1) is 6.92 Å². The Hall–Kier alpha value is -2.79. The van der Waals surface area contributed by atoms with Gasteiger partial charge in [0.05, 0.1) is 5.52 Å². The lowest BCUT2D eigenvalue weighted by Gasteiger charge is -2.27. The Balaban J connectivity index is 1.67. The summed E-state index contributed by atoms with van der Waals surface area (Å²) in [6.45, 7) is 2.10. The van der Waals surface area contributed by atoms with Crippen LogP contribution in [0.3, 0.4) is 0 Å². The number of nitrogens with zero attached hydrogens (tertiary/aromatic N) is 3. The van der Waals surface area contributed by atoms with E-state index in [1.807, 2.05) is 30.5 Å². The molecule has 5 nitrogen and oxygen atoms in total. The highest BCUT2D eigenvalue weighted by Crippen LogP contribution is 2.26. The van der Waals surface area contributed by atoms with Crippen molar-refractivity contribution in [3.63, 3.8) is 0 Å². The van der Waals surface area contributed by atoms with Gasteiger partial charge in [-0.05, 0) is 68.5 Å². The summed E-state index contributed by atoms with van der Waals surface area (Å²) in [6, 6.07) is 11.0. The summed E-state index contributed by atoms with van der Waals surface area (Å²) in [7, 11) is 0. The van der Waals surface area contributed by atoms with E-state index < -0.39 is 0 Å². The molecule has 0 aliphatic heterocycles. The number of hydrogen-bond donors (Lipinski definition) is 2. The third-order valence-electron chi connectivity index (χ3n) is 5.09. The van der Waals surface area contributed by atoms with Gasteiger partial charge in [0, 0.05) is 29.9 Å². The molecule has 1 saturated carbocycles. The first-order chi connectivity index (χ1) is 13.2. The minimum Gasteiger partial charge on any atom is -0.367 e. The van der Waals surface area contributed by atoms with E-state index in [1.54, 1.807) is 6.20 Å². The van der Waals surface area contributed by atoms with Gasteiger partial charge in [-0.25, -0.2) is 9.97 Å². The molecule has 1 aliphatic rings. The van der Waals surface area contributed by atoms with Crippen molar-refractivity contribution in [2.24, 2.45) is 5.73 Å². The van der Waals surface area contributed by atoms with Gasteiger partial charge in [0.15, 0.2) is 5.82 Å². The first kappa shape index (κ1) is 17.6. The van der Waals surface area contributed by atoms with E-state index >= 15 is 0 Å². The normalized spacial score (nSPS) is 20.2. The minimum atomic E-state index is 0.338. The van der Waals surface area contributed by atoms with Crippen LogP contribution in [-0.2, 0) is 0 Å². The monoisotopic (exact) mass is 359 g/mol. The van der Waals surface area contributed by atoms with Crippen LogP contribution < -0.4 is 11.1 Å². The maximum absolute atomic E-state index is 6.05. The van der Waals surface area contributed by atoms with E-state index in [2.05, 4.69) is 35.4 Å². The fourth-order valence-corrected chi connectivity index (χ4v) is 3.55. The molecule has 27 heavy (non-hydrogen) atoms. The summed E-state index contributed by atoms with van der Waals surface area (Å²) < 4.78 is 0. The van der Waals surface area contributed by atoms with E-state index in [4.69, 9.17) is 15.7 Å². The summed E-state index contributed by atoms with van der Waals surface area (Å²) >= 11 is 0. The number of nitrogens with one attached hydrogen (secondary N) is 1. The molecule has 0 saturated heterocycles. The second-order valence-electron chi connectivity index (χ2n) is 7.33. The van der Waals surface area contributed by atoms with Crippen molar-refractivity contribution in [2.75, 3.05) is 5.32 Å². The van der Waals surface area contributed by atoms with Crippen molar-refractivity contribution >= 4 is 28.9 Å². The van der Waals surface area contributed by atoms with Crippen molar-refractivity contribution < 1.29 is 0 Å². The number of rotatable bonds is 4. The smallest absolute Gasteiger partial charge is 0.154 e. The van der Waals surface area contributed by atoms with Crippen molar-refractivity contribution in [3.05, 3.63) is 59.7 Å². The maximum Gasteiger partial charge on any atom is 0.154 e. The Kier molecular flexibility index (Phi) is 5.12.